The molecule has 0 saturated heterocycles. The van der Waals surface area contributed by atoms with E-state index in [0.29, 0.717) is 5.56 Å². The van der Waals surface area contributed by atoms with E-state index in [-0.39, 0.29) is 5.78 Å². The maximum atomic E-state index is 12.2. The first kappa shape index (κ1) is 15.0. The Bertz CT molecular complexity index is 880. The number of aryl methyl sites for hydroxylation is 1. The van der Waals surface area contributed by atoms with Gasteiger partial charge in [0.1, 0.15) is 12.8 Å². The van der Waals surface area contributed by atoms with Gasteiger partial charge in [0.25, 0.3) is 0 Å². The Morgan fingerprint density at radius 2 is 1.87 bits per heavy atom. The number of pyridine rings is 1. The van der Waals surface area contributed by atoms with Gasteiger partial charge in [0.05, 0.1) is 7.11 Å². The van der Waals surface area contributed by atoms with Crippen LogP contribution in [-0.4, -0.2) is 12.9 Å². The fourth-order valence-electron chi connectivity index (χ4n) is 2.51. The smallest absolute Gasteiger partial charge is 0.212 e. The minimum atomic E-state index is -0.0219. The summed E-state index contributed by atoms with van der Waals surface area (Å²) in [5.74, 6) is 0.722. The lowest BCUT2D eigenvalue weighted by molar-refractivity contribution is -0.644. The zero-order valence-electron chi connectivity index (χ0n) is 13.2. The van der Waals surface area contributed by atoms with Crippen LogP contribution in [0.15, 0.2) is 66.9 Å². The lowest BCUT2D eigenvalue weighted by atomic mass is 10.1. The molecule has 114 valence electrons. The van der Waals surface area contributed by atoms with Crippen molar-refractivity contribution in [2.75, 3.05) is 7.11 Å². The third-order valence-electron chi connectivity index (χ3n) is 3.82. The van der Waals surface area contributed by atoms with Crippen LogP contribution in [0.5, 0.6) is 5.75 Å². The van der Waals surface area contributed by atoms with Crippen molar-refractivity contribution < 1.29 is 14.1 Å². The average Bonchev–Trinajstić information content (AvgIpc) is 2.60. The number of rotatable bonds is 4. The molecule has 1 aromatic heterocycles. The standard InChI is InChI=1S/C20H18NO2/c1-21-13-3-4-17-14-15(5-11-19(17)21)6-12-20(22)16-7-9-18(23-2)10-8-16/h3-14H,1-2H3/q+1/b12-6+. The zero-order valence-corrected chi connectivity index (χ0v) is 13.2. The van der Waals surface area contributed by atoms with Crippen LogP contribution < -0.4 is 9.30 Å². The van der Waals surface area contributed by atoms with Crippen molar-refractivity contribution in [3.05, 3.63) is 78.0 Å². The Kier molecular flexibility index (Phi) is 4.20. The Hall–Kier alpha value is -2.94. The summed E-state index contributed by atoms with van der Waals surface area (Å²) in [4.78, 5) is 12.2. The number of carbonyl (C=O) groups excluding carboxylic acids is 1. The summed E-state index contributed by atoms with van der Waals surface area (Å²) in [7, 11) is 3.63. The first-order valence-corrected chi connectivity index (χ1v) is 7.42. The van der Waals surface area contributed by atoms with Gasteiger partial charge >= 0.3 is 0 Å². The molecule has 3 rings (SSSR count). The molecular formula is C20H18NO2+. The summed E-state index contributed by atoms with van der Waals surface area (Å²) < 4.78 is 7.17. The summed E-state index contributed by atoms with van der Waals surface area (Å²) in [6, 6.07) is 17.3. The summed E-state index contributed by atoms with van der Waals surface area (Å²) in [6.45, 7) is 0. The summed E-state index contributed by atoms with van der Waals surface area (Å²) in [5, 5.41) is 1.15. The predicted molar refractivity (Wildman–Crippen MR) is 91.5 cm³/mol. The van der Waals surface area contributed by atoms with Crippen LogP contribution in [0.3, 0.4) is 0 Å². The normalized spacial score (nSPS) is 11.0. The number of carbonyl (C=O) groups is 1. The highest BCUT2D eigenvalue weighted by molar-refractivity contribution is 6.07. The second kappa shape index (κ2) is 6.44. The van der Waals surface area contributed by atoms with Gasteiger partial charge in [-0.1, -0.05) is 6.08 Å². The SMILES string of the molecule is COc1ccc(C(=O)/C=C/c2ccc3c(ccc[n+]3C)c2)cc1. The van der Waals surface area contributed by atoms with Crippen LogP contribution in [0.25, 0.3) is 17.0 Å². The van der Waals surface area contributed by atoms with E-state index in [1.807, 2.05) is 31.5 Å². The fourth-order valence-corrected chi connectivity index (χ4v) is 2.51. The average molecular weight is 304 g/mol. The van der Waals surface area contributed by atoms with Gasteiger partial charge in [0, 0.05) is 23.1 Å². The molecule has 0 bridgehead atoms. The van der Waals surface area contributed by atoms with Crippen molar-refractivity contribution in [2.45, 2.75) is 0 Å². The molecule has 3 heteroatoms. The van der Waals surface area contributed by atoms with Crippen molar-refractivity contribution in [3.8, 4) is 5.75 Å². The van der Waals surface area contributed by atoms with Crippen molar-refractivity contribution in [2.24, 2.45) is 7.05 Å². The molecule has 0 aliphatic rings. The number of methoxy groups -OCH3 is 1. The molecule has 3 aromatic rings. The van der Waals surface area contributed by atoms with Crippen LogP contribution in [0.2, 0.25) is 0 Å². The highest BCUT2D eigenvalue weighted by atomic mass is 16.5. The number of fused-ring (bicyclic) bond motifs is 1. The number of ether oxygens (including phenoxy) is 1. The summed E-state index contributed by atoms with van der Waals surface area (Å²) in [5.41, 5.74) is 2.81. The molecule has 0 amide bonds. The molecule has 0 atom stereocenters. The molecule has 0 fully saturated rings. The molecule has 0 aliphatic heterocycles. The molecule has 1 heterocycles. The Balaban J connectivity index is 1.82. The Labute approximate surface area is 135 Å². The van der Waals surface area contributed by atoms with E-state index in [4.69, 9.17) is 4.74 Å². The van der Waals surface area contributed by atoms with E-state index in [0.717, 1.165) is 22.2 Å². The van der Waals surface area contributed by atoms with E-state index < -0.39 is 0 Å². The summed E-state index contributed by atoms with van der Waals surface area (Å²) >= 11 is 0. The summed E-state index contributed by atoms with van der Waals surface area (Å²) in [6.07, 6.45) is 5.47. The van der Waals surface area contributed by atoms with Gasteiger partial charge in [-0.05, 0) is 54.1 Å². The molecule has 23 heavy (non-hydrogen) atoms. The fraction of sp³-hybridized carbons (Fsp3) is 0.100. The van der Waals surface area contributed by atoms with Crippen molar-refractivity contribution >= 4 is 22.8 Å². The third kappa shape index (κ3) is 3.29. The number of aromatic nitrogens is 1. The predicted octanol–water partition coefficient (Wildman–Crippen LogP) is 3.57. The highest BCUT2D eigenvalue weighted by Gasteiger charge is 2.05. The molecule has 0 radical (unpaired) electrons. The van der Waals surface area contributed by atoms with E-state index >= 15 is 0 Å². The Morgan fingerprint density at radius 1 is 1.09 bits per heavy atom. The lowest BCUT2D eigenvalue weighted by Crippen LogP contribution is -2.27. The van der Waals surface area contributed by atoms with Gasteiger partial charge in [0.15, 0.2) is 12.0 Å². The number of allylic oxidation sites excluding steroid dienone is 1. The van der Waals surface area contributed by atoms with Crippen LogP contribution in [0, 0.1) is 0 Å². The molecule has 0 N–H and O–H groups in total. The molecule has 0 saturated carbocycles. The number of ketones is 1. The zero-order chi connectivity index (χ0) is 16.2. The van der Waals surface area contributed by atoms with Crippen molar-refractivity contribution in [3.63, 3.8) is 0 Å². The maximum Gasteiger partial charge on any atom is 0.212 e. The molecule has 2 aromatic carbocycles. The minimum Gasteiger partial charge on any atom is -0.497 e. The van der Waals surface area contributed by atoms with Gasteiger partial charge in [-0.3, -0.25) is 4.79 Å². The monoisotopic (exact) mass is 304 g/mol. The van der Waals surface area contributed by atoms with E-state index in [1.54, 1.807) is 37.5 Å². The van der Waals surface area contributed by atoms with Gasteiger partial charge in [-0.15, -0.1) is 0 Å². The maximum absolute atomic E-state index is 12.2. The van der Waals surface area contributed by atoms with Crippen molar-refractivity contribution in [1.29, 1.82) is 0 Å². The largest absolute Gasteiger partial charge is 0.497 e. The number of hydrogen-bond donors (Lipinski definition) is 0. The van der Waals surface area contributed by atoms with Crippen LogP contribution in [0.1, 0.15) is 15.9 Å². The Morgan fingerprint density at radius 3 is 2.61 bits per heavy atom. The number of hydrogen-bond acceptors (Lipinski definition) is 2. The van der Waals surface area contributed by atoms with Gasteiger partial charge < -0.3 is 4.74 Å². The second-order valence-corrected chi connectivity index (χ2v) is 5.36. The molecular weight excluding hydrogens is 286 g/mol. The van der Waals surface area contributed by atoms with E-state index in [9.17, 15) is 4.79 Å². The third-order valence-corrected chi connectivity index (χ3v) is 3.82. The van der Waals surface area contributed by atoms with Crippen LogP contribution in [0.4, 0.5) is 0 Å². The van der Waals surface area contributed by atoms with Gasteiger partial charge in [-0.2, -0.15) is 0 Å². The number of nitrogens with zero attached hydrogens (tertiary/aromatic N) is 1. The lowest BCUT2D eigenvalue weighted by Gasteiger charge is -2.00. The molecule has 0 unspecified atom stereocenters. The molecule has 0 spiro atoms. The topological polar surface area (TPSA) is 30.2 Å². The second-order valence-electron chi connectivity index (χ2n) is 5.36. The first-order valence-electron chi connectivity index (χ1n) is 7.42. The van der Waals surface area contributed by atoms with E-state index in [2.05, 4.69) is 22.8 Å². The number of benzene rings is 2. The van der Waals surface area contributed by atoms with Crippen molar-refractivity contribution in [1.82, 2.24) is 0 Å². The van der Waals surface area contributed by atoms with Gasteiger partial charge in [0.2, 0.25) is 5.52 Å². The van der Waals surface area contributed by atoms with Crippen LogP contribution >= 0.6 is 0 Å². The molecule has 3 nitrogen and oxygen atoms in total. The first-order chi connectivity index (χ1) is 11.2. The highest BCUT2D eigenvalue weighted by Crippen LogP contribution is 2.15. The van der Waals surface area contributed by atoms with Gasteiger partial charge in [-0.25, -0.2) is 4.57 Å². The molecule has 0 aliphatic carbocycles. The van der Waals surface area contributed by atoms with Crippen LogP contribution in [-0.2, 0) is 7.05 Å². The minimum absolute atomic E-state index is 0.0219. The van der Waals surface area contributed by atoms with E-state index in [1.165, 1.54) is 0 Å². The quantitative estimate of drug-likeness (QED) is 0.419.